The number of hydrogen-bond donors (Lipinski definition) is 0. The highest BCUT2D eigenvalue weighted by Gasteiger charge is 2.41. The summed E-state index contributed by atoms with van der Waals surface area (Å²) in [5.74, 6) is -0.840. The van der Waals surface area contributed by atoms with Crippen LogP contribution < -0.4 is 4.90 Å². The highest BCUT2D eigenvalue weighted by molar-refractivity contribution is 7.99. The summed E-state index contributed by atoms with van der Waals surface area (Å²) < 4.78 is 25.9. The van der Waals surface area contributed by atoms with Crippen molar-refractivity contribution in [1.29, 1.82) is 0 Å². The van der Waals surface area contributed by atoms with E-state index in [2.05, 4.69) is 16.1 Å². The molecule has 1 aromatic carbocycles. The molecule has 0 unspecified atom stereocenters. The number of benzene rings is 1. The van der Waals surface area contributed by atoms with Gasteiger partial charge in [-0.15, -0.1) is 0 Å². The Hall–Kier alpha value is -1.90. The van der Waals surface area contributed by atoms with E-state index in [4.69, 9.17) is 9.47 Å². The SMILES string of the molecule is CSC1CCN(C(=O)c2cnc3ccc(F)cc3c2N2CCC3(CC2)OCCO3)CC1. The number of rotatable bonds is 3. The fraction of sp³-hybridized carbons (Fsp3) is 0.565. The number of ether oxygens (including phenoxy) is 2. The maximum Gasteiger partial charge on any atom is 0.257 e. The second kappa shape index (κ2) is 8.56. The Morgan fingerprint density at radius 2 is 1.87 bits per heavy atom. The standard InChI is InChI=1S/C23H28FN3O3S/c1-31-17-4-8-27(9-5-17)22(28)19-15-25-20-3-2-16(24)14-18(20)21(19)26-10-6-23(7-11-26)29-12-13-30-23/h2-3,14-15,17H,4-13H2,1H3. The third-order valence-electron chi connectivity index (χ3n) is 6.75. The zero-order valence-corrected chi connectivity index (χ0v) is 18.6. The van der Waals surface area contributed by atoms with E-state index in [1.54, 1.807) is 12.3 Å². The molecule has 0 bridgehead atoms. The van der Waals surface area contributed by atoms with Crippen molar-refractivity contribution in [3.05, 3.63) is 35.8 Å². The zero-order chi connectivity index (χ0) is 21.4. The van der Waals surface area contributed by atoms with Crippen LogP contribution in [0.4, 0.5) is 10.1 Å². The highest BCUT2D eigenvalue weighted by Crippen LogP contribution is 2.38. The molecule has 0 saturated carbocycles. The molecule has 0 radical (unpaired) electrons. The Balaban J connectivity index is 1.49. The Labute approximate surface area is 186 Å². The number of halogens is 1. The first-order valence-electron chi connectivity index (χ1n) is 11.0. The average Bonchev–Trinajstić information content (AvgIpc) is 3.26. The number of carbonyl (C=O) groups is 1. The lowest BCUT2D eigenvalue weighted by atomic mass is 9.99. The van der Waals surface area contributed by atoms with Crippen molar-refractivity contribution in [2.45, 2.75) is 36.7 Å². The van der Waals surface area contributed by atoms with Crippen LogP contribution in [0.25, 0.3) is 10.9 Å². The van der Waals surface area contributed by atoms with Crippen molar-refractivity contribution >= 4 is 34.3 Å². The lowest BCUT2D eigenvalue weighted by Gasteiger charge is -2.40. The minimum Gasteiger partial charge on any atom is -0.370 e. The van der Waals surface area contributed by atoms with Crippen LogP contribution in [0.1, 0.15) is 36.0 Å². The quantitative estimate of drug-likeness (QED) is 0.718. The van der Waals surface area contributed by atoms with Gasteiger partial charge in [-0.1, -0.05) is 0 Å². The molecule has 3 saturated heterocycles. The number of aromatic nitrogens is 1. The molecule has 3 aliphatic heterocycles. The third kappa shape index (κ3) is 4.01. The second-order valence-electron chi connectivity index (χ2n) is 8.50. The summed E-state index contributed by atoms with van der Waals surface area (Å²) in [4.78, 5) is 22.2. The largest absolute Gasteiger partial charge is 0.370 e. The van der Waals surface area contributed by atoms with Crippen molar-refractivity contribution in [3.63, 3.8) is 0 Å². The predicted octanol–water partition coefficient (Wildman–Crippen LogP) is 3.68. The topological polar surface area (TPSA) is 54.9 Å². The predicted molar refractivity (Wildman–Crippen MR) is 120 cm³/mol. The number of amides is 1. The Morgan fingerprint density at radius 3 is 2.55 bits per heavy atom. The van der Waals surface area contributed by atoms with Gasteiger partial charge >= 0.3 is 0 Å². The van der Waals surface area contributed by atoms with Gasteiger partial charge in [0.2, 0.25) is 0 Å². The maximum absolute atomic E-state index is 14.2. The first-order valence-corrected chi connectivity index (χ1v) is 12.3. The van der Waals surface area contributed by atoms with Crippen molar-refractivity contribution in [2.75, 3.05) is 50.5 Å². The van der Waals surface area contributed by atoms with Gasteiger partial charge in [-0.05, 0) is 37.3 Å². The van der Waals surface area contributed by atoms with Crippen LogP contribution in [0, 0.1) is 5.82 Å². The molecule has 5 rings (SSSR count). The van der Waals surface area contributed by atoms with E-state index in [9.17, 15) is 9.18 Å². The molecule has 3 aliphatic rings. The van der Waals surface area contributed by atoms with Crippen molar-refractivity contribution in [1.82, 2.24) is 9.88 Å². The maximum atomic E-state index is 14.2. The molecule has 6 nitrogen and oxygen atoms in total. The van der Waals surface area contributed by atoms with Crippen LogP contribution in [0.5, 0.6) is 0 Å². The Morgan fingerprint density at radius 1 is 1.16 bits per heavy atom. The number of thioether (sulfide) groups is 1. The molecule has 8 heteroatoms. The van der Waals surface area contributed by atoms with Crippen LogP contribution in [0.3, 0.4) is 0 Å². The van der Waals surface area contributed by atoms with E-state index in [1.807, 2.05) is 16.7 Å². The van der Waals surface area contributed by atoms with Crippen LogP contribution in [0.2, 0.25) is 0 Å². The number of carbonyl (C=O) groups excluding carboxylic acids is 1. The summed E-state index contributed by atoms with van der Waals surface area (Å²) in [6.07, 6.45) is 7.24. The molecule has 166 valence electrons. The normalized spacial score (nSPS) is 21.9. The molecule has 0 N–H and O–H groups in total. The molecule has 2 aromatic rings. The molecule has 31 heavy (non-hydrogen) atoms. The average molecular weight is 446 g/mol. The molecule has 1 spiro atoms. The Bertz CT molecular complexity index is 964. The van der Waals surface area contributed by atoms with Crippen LogP contribution in [0.15, 0.2) is 24.4 Å². The number of pyridine rings is 1. The van der Waals surface area contributed by atoms with Gasteiger partial charge in [0.15, 0.2) is 5.79 Å². The minimum absolute atomic E-state index is 0.0122. The molecule has 0 atom stereocenters. The molecular formula is C23H28FN3O3S. The van der Waals surface area contributed by atoms with Crippen molar-refractivity contribution in [3.8, 4) is 0 Å². The first-order chi connectivity index (χ1) is 15.1. The zero-order valence-electron chi connectivity index (χ0n) is 17.8. The monoisotopic (exact) mass is 445 g/mol. The highest BCUT2D eigenvalue weighted by atomic mass is 32.2. The van der Waals surface area contributed by atoms with Crippen LogP contribution in [-0.4, -0.2) is 72.5 Å². The summed E-state index contributed by atoms with van der Waals surface area (Å²) in [6, 6.07) is 4.60. The van der Waals surface area contributed by atoms with E-state index < -0.39 is 5.79 Å². The lowest BCUT2D eigenvalue weighted by Crippen LogP contribution is -2.46. The van der Waals surface area contributed by atoms with Gasteiger partial charge in [-0.3, -0.25) is 9.78 Å². The van der Waals surface area contributed by atoms with Crippen LogP contribution >= 0.6 is 11.8 Å². The fourth-order valence-electron chi connectivity index (χ4n) is 4.97. The van der Waals surface area contributed by atoms with E-state index in [1.165, 1.54) is 12.1 Å². The lowest BCUT2D eigenvalue weighted by molar-refractivity contribution is -0.169. The second-order valence-corrected chi connectivity index (χ2v) is 9.64. The van der Waals surface area contributed by atoms with Gasteiger partial charge in [0.25, 0.3) is 5.91 Å². The van der Waals surface area contributed by atoms with Gasteiger partial charge in [0.1, 0.15) is 5.82 Å². The smallest absolute Gasteiger partial charge is 0.257 e. The van der Waals surface area contributed by atoms with Gasteiger partial charge in [-0.25, -0.2) is 4.39 Å². The number of likely N-dealkylation sites (tertiary alicyclic amines) is 1. The number of hydrogen-bond acceptors (Lipinski definition) is 6. The fourth-order valence-corrected chi connectivity index (χ4v) is 5.65. The molecule has 3 fully saturated rings. The van der Waals surface area contributed by atoms with Gasteiger partial charge < -0.3 is 19.3 Å². The number of nitrogens with zero attached hydrogens (tertiary/aromatic N) is 3. The van der Waals surface area contributed by atoms with Gasteiger partial charge in [0, 0.05) is 55.9 Å². The van der Waals surface area contributed by atoms with Crippen LogP contribution in [-0.2, 0) is 9.47 Å². The Kier molecular flexibility index (Phi) is 5.79. The number of anilines is 1. The molecular weight excluding hydrogens is 417 g/mol. The van der Waals surface area contributed by atoms with E-state index in [0.29, 0.717) is 48.0 Å². The molecule has 0 aliphatic carbocycles. The number of piperidine rings is 2. The third-order valence-corrected chi connectivity index (χ3v) is 7.89. The van der Waals surface area contributed by atoms with E-state index in [-0.39, 0.29) is 11.7 Å². The van der Waals surface area contributed by atoms with Crippen molar-refractivity contribution in [2.24, 2.45) is 0 Å². The summed E-state index contributed by atoms with van der Waals surface area (Å²) in [5, 5.41) is 1.30. The summed E-state index contributed by atoms with van der Waals surface area (Å²) >= 11 is 1.87. The van der Waals surface area contributed by atoms with Gasteiger partial charge in [0.05, 0.1) is 30.0 Å². The summed E-state index contributed by atoms with van der Waals surface area (Å²) in [5.41, 5.74) is 2.04. The van der Waals surface area contributed by atoms with E-state index >= 15 is 0 Å². The van der Waals surface area contributed by atoms with E-state index in [0.717, 1.165) is 44.5 Å². The molecule has 1 aromatic heterocycles. The molecule has 4 heterocycles. The minimum atomic E-state index is -0.505. The number of fused-ring (bicyclic) bond motifs is 1. The van der Waals surface area contributed by atoms with Crippen molar-refractivity contribution < 1.29 is 18.7 Å². The van der Waals surface area contributed by atoms with Gasteiger partial charge in [-0.2, -0.15) is 11.8 Å². The first kappa shape index (κ1) is 21.0. The molecule has 1 amide bonds. The summed E-state index contributed by atoms with van der Waals surface area (Å²) in [7, 11) is 0. The summed E-state index contributed by atoms with van der Waals surface area (Å²) in [6.45, 7) is 4.11.